The summed E-state index contributed by atoms with van der Waals surface area (Å²) >= 11 is 7.06. The predicted molar refractivity (Wildman–Crippen MR) is 134 cm³/mol. The fourth-order valence-electron chi connectivity index (χ4n) is 4.21. The number of carbonyl (C=O) groups excluding carboxylic acids is 2. The van der Waals surface area contributed by atoms with Crippen LogP contribution < -0.4 is 16.2 Å². The first-order chi connectivity index (χ1) is 16.8. The molecule has 2 amide bonds. The van der Waals surface area contributed by atoms with Crippen molar-refractivity contribution in [3.05, 3.63) is 92.4 Å². The molecule has 0 bridgehead atoms. The SMILES string of the molecule is C=C(NC(=O)c1ccc(Cl)s1)[C@H]1C[C@H](C(=O)Nc2ccc(-n3ccccc3=O)cc2F)C[C@@H]1OC. The number of aromatic nitrogens is 1. The van der Waals surface area contributed by atoms with Crippen molar-refractivity contribution in [1.82, 2.24) is 9.88 Å². The molecule has 1 aromatic carbocycles. The number of hydrogen-bond donors (Lipinski definition) is 2. The Morgan fingerprint density at radius 1 is 1.20 bits per heavy atom. The second kappa shape index (κ2) is 10.6. The van der Waals surface area contributed by atoms with E-state index >= 15 is 0 Å². The summed E-state index contributed by atoms with van der Waals surface area (Å²) < 4.78 is 22.1. The van der Waals surface area contributed by atoms with Crippen molar-refractivity contribution in [2.45, 2.75) is 18.9 Å². The number of ether oxygens (including phenoxy) is 1. The molecule has 3 atom stereocenters. The van der Waals surface area contributed by atoms with Crippen LogP contribution in [0.2, 0.25) is 4.34 Å². The van der Waals surface area contributed by atoms with E-state index in [1.807, 2.05) is 0 Å². The molecule has 7 nitrogen and oxygen atoms in total. The van der Waals surface area contributed by atoms with Crippen LogP contribution >= 0.6 is 22.9 Å². The number of amides is 2. The van der Waals surface area contributed by atoms with Gasteiger partial charge in [-0.2, -0.15) is 0 Å². The number of benzene rings is 1. The number of halogens is 2. The Morgan fingerprint density at radius 2 is 2.00 bits per heavy atom. The molecule has 182 valence electrons. The van der Waals surface area contributed by atoms with Gasteiger partial charge >= 0.3 is 0 Å². The molecule has 3 aromatic rings. The molecular weight excluding hydrogens is 493 g/mol. The average molecular weight is 516 g/mol. The molecule has 0 unspecified atom stereocenters. The van der Waals surface area contributed by atoms with Gasteiger partial charge in [0.25, 0.3) is 11.5 Å². The van der Waals surface area contributed by atoms with E-state index in [9.17, 15) is 18.8 Å². The lowest BCUT2D eigenvalue weighted by Gasteiger charge is -2.20. The Balaban J connectivity index is 1.42. The summed E-state index contributed by atoms with van der Waals surface area (Å²) in [6, 6.07) is 12.1. The summed E-state index contributed by atoms with van der Waals surface area (Å²) in [7, 11) is 1.54. The number of methoxy groups -OCH3 is 1. The third-order valence-electron chi connectivity index (χ3n) is 6.01. The van der Waals surface area contributed by atoms with Crippen LogP contribution in [0.15, 0.2) is 71.8 Å². The van der Waals surface area contributed by atoms with Crippen molar-refractivity contribution in [2.75, 3.05) is 12.4 Å². The third-order valence-corrected chi connectivity index (χ3v) is 7.24. The zero-order valence-corrected chi connectivity index (χ0v) is 20.4. The van der Waals surface area contributed by atoms with Gasteiger partial charge in [0.2, 0.25) is 5.91 Å². The van der Waals surface area contributed by atoms with Crippen LogP contribution in [-0.4, -0.2) is 29.6 Å². The summed E-state index contributed by atoms with van der Waals surface area (Å²) in [5, 5.41) is 5.41. The molecule has 1 aliphatic carbocycles. The van der Waals surface area contributed by atoms with Crippen LogP contribution in [0, 0.1) is 17.7 Å². The summed E-state index contributed by atoms with van der Waals surface area (Å²) in [5.74, 6) is -2.09. The van der Waals surface area contributed by atoms with Gasteiger partial charge in [0.15, 0.2) is 0 Å². The second-order valence-corrected chi connectivity index (χ2v) is 9.91. The molecule has 1 fully saturated rings. The van der Waals surface area contributed by atoms with Gasteiger partial charge in [0, 0.05) is 43.0 Å². The molecule has 1 saturated carbocycles. The maximum Gasteiger partial charge on any atom is 0.265 e. The number of pyridine rings is 1. The highest BCUT2D eigenvalue weighted by molar-refractivity contribution is 7.18. The van der Waals surface area contributed by atoms with Gasteiger partial charge in [-0.05, 0) is 43.2 Å². The monoisotopic (exact) mass is 515 g/mol. The molecule has 35 heavy (non-hydrogen) atoms. The number of carbonyl (C=O) groups is 2. The maximum atomic E-state index is 14.7. The standard InChI is InChI=1S/C25H23ClFN3O4S/c1-14(28-25(33)21-8-9-22(26)35-21)17-11-15(12-20(17)34-2)24(32)29-19-7-6-16(13-18(19)27)30-10-4-3-5-23(30)31/h3-10,13,15,17,20H,1,11-12H2,2H3,(H,28,33)(H,29,32)/t15-,17+,20-/m0/s1. The quantitative estimate of drug-likeness (QED) is 0.480. The van der Waals surface area contributed by atoms with E-state index in [-0.39, 0.29) is 35.1 Å². The molecule has 2 aromatic heterocycles. The first-order valence-electron chi connectivity index (χ1n) is 10.8. The fourth-order valence-corrected chi connectivity index (χ4v) is 5.15. The van der Waals surface area contributed by atoms with E-state index in [1.54, 1.807) is 30.3 Å². The lowest BCUT2D eigenvalue weighted by molar-refractivity contribution is -0.120. The summed E-state index contributed by atoms with van der Waals surface area (Å²) in [6.45, 7) is 3.98. The van der Waals surface area contributed by atoms with Gasteiger partial charge in [-0.3, -0.25) is 19.0 Å². The van der Waals surface area contributed by atoms with Gasteiger partial charge < -0.3 is 15.4 Å². The molecule has 0 radical (unpaired) electrons. The molecule has 4 rings (SSSR count). The third kappa shape index (κ3) is 5.53. The Morgan fingerprint density at radius 3 is 2.66 bits per heavy atom. The minimum absolute atomic E-state index is 0.0156. The zero-order valence-electron chi connectivity index (χ0n) is 18.8. The summed E-state index contributed by atoms with van der Waals surface area (Å²) in [4.78, 5) is 37.8. The minimum atomic E-state index is -0.657. The van der Waals surface area contributed by atoms with Crippen LogP contribution in [0.25, 0.3) is 5.69 Å². The number of nitrogens with zero attached hydrogens (tertiary/aromatic N) is 1. The maximum absolute atomic E-state index is 14.7. The topological polar surface area (TPSA) is 89.4 Å². The Bertz CT molecular complexity index is 1340. The lowest BCUT2D eigenvalue weighted by atomic mass is 10.0. The van der Waals surface area contributed by atoms with E-state index in [2.05, 4.69) is 17.2 Å². The van der Waals surface area contributed by atoms with Crippen LogP contribution in [0.4, 0.5) is 10.1 Å². The van der Waals surface area contributed by atoms with E-state index < -0.39 is 11.7 Å². The van der Waals surface area contributed by atoms with Gasteiger partial charge in [-0.1, -0.05) is 24.2 Å². The number of nitrogens with one attached hydrogen (secondary N) is 2. The predicted octanol–water partition coefficient (Wildman–Crippen LogP) is 4.61. The highest BCUT2D eigenvalue weighted by Gasteiger charge is 2.40. The van der Waals surface area contributed by atoms with E-state index in [4.69, 9.17) is 16.3 Å². The fraction of sp³-hybridized carbons (Fsp3) is 0.240. The van der Waals surface area contributed by atoms with Gasteiger partial charge in [-0.25, -0.2) is 4.39 Å². The largest absolute Gasteiger partial charge is 0.381 e. The van der Waals surface area contributed by atoms with Crippen molar-refractivity contribution >= 4 is 40.4 Å². The van der Waals surface area contributed by atoms with Crippen LogP contribution in [0.1, 0.15) is 22.5 Å². The molecular formula is C25H23ClFN3O4S. The van der Waals surface area contributed by atoms with Crippen molar-refractivity contribution < 1.29 is 18.7 Å². The summed E-state index contributed by atoms with van der Waals surface area (Å²) in [5.41, 5.74) is 0.527. The Labute approximate surface area is 210 Å². The normalized spacial score (nSPS) is 19.3. The molecule has 0 spiro atoms. The van der Waals surface area contributed by atoms with Crippen LogP contribution in [-0.2, 0) is 9.53 Å². The average Bonchev–Trinajstić information content (AvgIpc) is 3.47. The van der Waals surface area contributed by atoms with Gasteiger partial charge in [-0.15, -0.1) is 11.3 Å². The van der Waals surface area contributed by atoms with E-state index in [1.165, 1.54) is 36.1 Å². The highest BCUT2D eigenvalue weighted by atomic mass is 35.5. The first kappa shape index (κ1) is 24.8. The van der Waals surface area contributed by atoms with Gasteiger partial charge in [0.1, 0.15) is 5.82 Å². The van der Waals surface area contributed by atoms with Gasteiger partial charge in [0.05, 0.1) is 26.7 Å². The van der Waals surface area contributed by atoms with Crippen LogP contribution in [0.3, 0.4) is 0 Å². The highest BCUT2D eigenvalue weighted by Crippen LogP contribution is 2.37. The smallest absolute Gasteiger partial charge is 0.265 e. The van der Waals surface area contributed by atoms with Crippen molar-refractivity contribution in [1.29, 1.82) is 0 Å². The number of anilines is 1. The van der Waals surface area contributed by atoms with E-state index in [0.717, 1.165) is 11.3 Å². The number of thiophene rings is 1. The van der Waals surface area contributed by atoms with E-state index in [0.29, 0.717) is 33.4 Å². The molecule has 2 N–H and O–H groups in total. The van der Waals surface area contributed by atoms with Crippen LogP contribution in [0.5, 0.6) is 0 Å². The second-order valence-electron chi connectivity index (χ2n) is 8.19. The molecule has 2 heterocycles. The Hall–Kier alpha value is -3.27. The molecule has 0 saturated heterocycles. The number of hydrogen-bond acceptors (Lipinski definition) is 5. The lowest BCUT2D eigenvalue weighted by Crippen LogP contribution is -2.30. The summed E-state index contributed by atoms with van der Waals surface area (Å²) in [6.07, 6.45) is 1.99. The first-order valence-corrected chi connectivity index (χ1v) is 12.0. The minimum Gasteiger partial charge on any atom is -0.381 e. The zero-order chi connectivity index (χ0) is 25.1. The molecule has 1 aliphatic rings. The number of rotatable bonds is 7. The van der Waals surface area contributed by atoms with Crippen molar-refractivity contribution in [3.8, 4) is 5.69 Å². The van der Waals surface area contributed by atoms with Crippen molar-refractivity contribution in [2.24, 2.45) is 11.8 Å². The molecule has 10 heteroatoms. The Kier molecular flexibility index (Phi) is 7.49. The van der Waals surface area contributed by atoms with Crippen molar-refractivity contribution in [3.63, 3.8) is 0 Å². The molecule has 0 aliphatic heterocycles.